The van der Waals surface area contributed by atoms with Gasteiger partial charge in [0.05, 0.1) is 17.6 Å². The first kappa shape index (κ1) is 12.6. The molecule has 0 bridgehead atoms. The van der Waals surface area contributed by atoms with Crippen molar-refractivity contribution in [1.82, 2.24) is 0 Å². The predicted molar refractivity (Wildman–Crippen MR) is 59.2 cm³/mol. The minimum atomic E-state index is -0.752. The number of aldehydes is 1. The quantitative estimate of drug-likeness (QED) is 0.149. The van der Waals surface area contributed by atoms with Crippen molar-refractivity contribution < 1.29 is 19.2 Å². The molecular formula is C11H9NO5. The Bertz CT molecular complexity index is 475. The van der Waals surface area contributed by atoms with Gasteiger partial charge in [-0.3, -0.25) is 14.9 Å². The van der Waals surface area contributed by atoms with E-state index in [4.69, 9.17) is 0 Å². The number of hydrogen-bond donors (Lipinski definition) is 0. The average Bonchev–Trinajstić information content (AvgIpc) is 2.35. The van der Waals surface area contributed by atoms with Crippen LogP contribution in [0.5, 0.6) is 0 Å². The Labute approximate surface area is 96.7 Å². The molecule has 1 aromatic rings. The van der Waals surface area contributed by atoms with Gasteiger partial charge in [-0.05, 0) is 23.8 Å². The molecule has 0 fully saturated rings. The first-order valence-corrected chi connectivity index (χ1v) is 4.58. The highest BCUT2D eigenvalue weighted by Crippen LogP contribution is 2.14. The van der Waals surface area contributed by atoms with Gasteiger partial charge in [0.15, 0.2) is 6.29 Å². The standard InChI is InChI=1S/C11H9NO5/c1-17-11(14)9(7-13)6-8-2-4-10(5-3-8)12(15)16/h2-7H,1H3/b9-6-. The molecule has 6 heteroatoms. The molecule has 0 saturated heterocycles. The summed E-state index contributed by atoms with van der Waals surface area (Å²) in [6, 6.07) is 5.44. The molecule has 0 amide bonds. The summed E-state index contributed by atoms with van der Waals surface area (Å²) in [5, 5.41) is 10.4. The highest BCUT2D eigenvalue weighted by molar-refractivity contribution is 6.11. The maximum Gasteiger partial charge on any atom is 0.341 e. The van der Waals surface area contributed by atoms with Gasteiger partial charge >= 0.3 is 5.97 Å². The summed E-state index contributed by atoms with van der Waals surface area (Å²) in [7, 11) is 1.16. The van der Waals surface area contributed by atoms with Gasteiger partial charge < -0.3 is 4.74 Å². The molecular weight excluding hydrogens is 226 g/mol. The van der Waals surface area contributed by atoms with Crippen molar-refractivity contribution in [1.29, 1.82) is 0 Å². The average molecular weight is 235 g/mol. The topological polar surface area (TPSA) is 86.5 Å². The lowest BCUT2D eigenvalue weighted by Crippen LogP contribution is -2.05. The second-order valence-corrected chi connectivity index (χ2v) is 3.06. The second kappa shape index (κ2) is 5.55. The molecule has 0 saturated carbocycles. The Kier molecular flexibility index (Phi) is 4.10. The lowest BCUT2D eigenvalue weighted by atomic mass is 10.1. The number of nitro groups is 1. The van der Waals surface area contributed by atoms with Gasteiger partial charge in [-0.2, -0.15) is 0 Å². The van der Waals surface area contributed by atoms with E-state index in [1.807, 2.05) is 0 Å². The number of benzene rings is 1. The van der Waals surface area contributed by atoms with E-state index in [0.29, 0.717) is 11.8 Å². The number of ether oxygens (including phenoxy) is 1. The largest absolute Gasteiger partial charge is 0.465 e. The van der Waals surface area contributed by atoms with Gasteiger partial charge in [0.25, 0.3) is 5.69 Å². The Hall–Kier alpha value is -2.50. The van der Waals surface area contributed by atoms with Crippen molar-refractivity contribution in [2.45, 2.75) is 0 Å². The number of hydrogen-bond acceptors (Lipinski definition) is 5. The maximum absolute atomic E-state index is 11.1. The molecule has 0 radical (unpaired) electrons. The van der Waals surface area contributed by atoms with E-state index in [-0.39, 0.29) is 11.3 Å². The monoisotopic (exact) mass is 235 g/mol. The maximum atomic E-state index is 11.1. The highest BCUT2D eigenvalue weighted by atomic mass is 16.6. The van der Waals surface area contributed by atoms with Crippen LogP contribution >= 0.6 is 0 Å². The third-order valence-electron chi connectivity index (χ3n) is 1.97. The molecule has 0 aromatic heterocycles. The number of carbonyl (C=O) groups is 2. The molecule has 0 unspecified atom stereocenters. The Morgan fingerprint density at radius 1 is 1.35 bits per heavy atom. The number of esters is 1. The molecule has 0 heterocycles. The molecule has 6 nitrogen and oxygen atoms in total. The van der Waals surface area contributed by atoms with Crippen molar-refractivity contribution in [2.75, 3.05) is 7.11 Å². The highest BCUT2D eigenvalue weighted by Gasteiger charge is 2.09. The first-order valence-electron chi connectivity index (χ1n) is 4.58. The van der Waals surface area contributed by atoms with Crippen LogP contribution in [0.15, 0.2) is 29.8 Å². The fraction of sp³-hybridized carbons (Fsp3) is 0.0909. The molecule has 0 N–H and O–H groups in total. The summed E-state index contributed by atoms with van der Waals surface area (Å²) in [5.74, 6) is -0.752. The first-order chi connectivity index (χ1) is 8.08. The molecule has 0 atom stereocenters. The number of non-ortho nitro benzene ring substituents is 1. The van der Waals surface area contributed by atoms with Crippen LogP contribution in [0.4, 0.5) is 5.69 Å². The summed E-state index contributed by atoms with van der Waals surface area (Å²) >= 11 is 0. The van der Waals surface area contributed by atoms with Gasteiger partial charge in [0.1, 0.15) is 0 Å². The van der Waals surface area contributed by atoms with E-state index in [2.05, 4.69) is 4.74 Å². The SMILES string of the molecule is COC(=O)/C(C=O)=C\c1ccc([N+](=O)[O-])cc1. The normalized spacial score (nSPS) is 10.8. The van der Waals surface area contributed by atoms with E-state index < -0.39 is 10.9 Å². The van der Waals surface area contributed by atoms with Crippen LogP contribution in [0.1, 0.15) is 5.56 Å². The molecule has 0 aliphatic carbocycles. The van der Waals surface area contributed by atoms with Crippen molar-refractivity contribution in [3.05, 3.63) is 45.5 Å². The third-order valence-corrected chi connectivity index (χ3v) is 1.97. The van der Waals surface area contributed by atoms with Gasteiger partial charge in [0, 0.05) is 12.1 Å². The van der Waals surface area contributed by atoms with Crippen LogP contribution in [0.2, 0.25) is 0 Å². The molecule has 88 valence electrons. The molecule has 1 rings (SSSR count). The van der Waals surface area contributed by atoms with Gasteiger partial charge in [-0.1, -0.05) is 0 Å². The van der Waals surface area contributed by atoms with Crippen molar-refractivity contribution >= 4 is 24.0 Å². The molecule has 0 aliphatic rings. The summed E-state index contributed by atoms with van der Waals surface area (Å²) in [6.45, 7) is 0. The number of nitrogens with zero attached hydrogens (tertiary/aromatic N) is 1. The lowest BCUT2D eigenvalue weighted by Gasteiger charge is -1.98. The molecule has 0 spiro atoms. The van der Waals surface area contributed by atoms with Crippen LogP contribution in [0, 0.1) is 10.1 Å². The smallest absolute Gasteiger partial charge is 0.341 e. The Balaban J connectivity index is 3.01. The van der Waals surface area contributed by atoms with E-state index in [9.17, 15) is 19.7 Å². The Morgan fingerprint density at radius 3 is 2.35 bits per heavy atom. The van der Waals surface area contributed by atoms with Crippen LogP contribution in [0.25, 0.3) is 6.08 Å². The number of nitro benzene ring substituents is 1. The summed E-state index contributed by atoms with van der Waals surface area (Å²) in [6.07, 6.45) is 1.66. The number of methoxy groups -OCH3 is 1. The third kappa shape index (κ3) is 3.23. The van der Waals surface area contributed by atoms with Gasteiger partial charge in [0.2, 0.25) is 0 Å². The molecule has 17 heavy (non-hydrogen) atoms. The van der Waals surface area contributed by atoms with Gasteiger partial charge in [-0.15, -0.1) is 0 Å². The fourth-order valence-corrected chi connectivity index (χ4v) is 1.13. The zero-order chi connectivity index (χ0) is 12.8. The predicted octanol–water partition coefficient (Wildman–Crippen LogP) is 1.35. The van der Waals surface area contributed by atoms with E-state index >= 15 is 0 Å². The minimum Gasteiger partial charge on any atom is -0.465 e. The van der Waals surface area contributed by atoms with Crippen molar-refractivity contribution in [3.63, 3.8) is 0 Å². The summed E-state index contributed by atoms with van der Waals surface area (Å²) in [5.41, 5.74) is 0.289. The molecule has 1 aromatic carbocycles. The van der Waals surface area contributed by atoms with E-state index in [0.717, 1.165) is 7.11 Å². The van der Waals surface area contributed by atoms with Gasteiger partial charge in [-0.25, -0.2) is 4.79 Å². The zero-order valence-corrected chi connectivity index (χ0v) is 8.95. The second-order valence-electron chi connectivity index (χ2n) is 3.06. The van der Waals surface area contributed by atoms with Crippen LogP contribution < -0.4 is 0 Å². The zero-order valence-electron chi connectivity index (χ0n) is 8.95. The summed E-state index contributed by atoms with van der Waals surface area (Å²) < 4.78 is 4.39. The van der Waals surface area contributed by atoms with Crippen LogP contribution in [-0.4, -0.2) is 24.3 Å². The van der Waals surface area contributed by atoms with E-state index in [1.165, 1.54) is 30.3 Å². The Morgan fingerprint density at radius 2 is 1.94 bits per heavy atom. The molecule has 0 aliphatic heterocycles. The van der Waals surface area contributed by atoms with Crippen molar-refractivity contribution in [3.8, 4) is 0 Å². The fourth-order valence-electron chi connectivity index (χ4n) is 1.13. The van der Waals surface area contributed by atoms with E-state index in [1.54, 1.807) is 0 Å². The van der Waals surface area contributed by atoms with Crippen LogP contribution in [-0.2, 0) is 14.3 Å². The summed E-state index contributed by atoms with van der Waals surface area (Å²) in [4.78, 5) is 31.6. The van der Waals surface area contributed by atoms with Crippen LogP contribution in [0.3, 0.4) is 0 Å². The van der Waals surface area contributed by atoms with Crippen molar-refractivity contribution in [2.24, 2.45) is 0 Å². The number of carbonyl (C=O) groups excluding carboxylic acids is 2. The number of rotatable bonds is 4. The minimum absolute atomic E-state index is 0.0622. The lowest BCUT2D eigenvalue weighted by molar-refractivity contribution is -0.384.